The van der Waals surface area contributed by atoms with E-state index in [0.717, 1.165) is 0 Å². The number of aldehydes is 1. The van der Waals surface area contributed by atoms with Crippen molar-refractivity contribution in [2.75, 3.05) is 0 Å². The second-order valence-electron chi connectivity index (χ2n) is 3.05. The molecule has 76 valence electrons. The van der Waals surface area contributed by atoms with Crippen LogP contribution in [-0.2, 0) is 6.42 Å². The van der Waals surface area contributed by atoms with Crippen LogP contribution in [0.25, 0.3) is 0 Å². The number of carbonyl (C=O) groups is 1. The van der Waals surface area contributed by atoms with Gasteiger partial charge in [-0.1, -0.05) is 0 Å². The van der Waals surface area contributed by atoms with Gasteiger partial charge in [0.25, 0.3) is 5.69 Å². The highest BCUT2D eigenvalue weighted by atomic mass is 16.6. The molecule has 0 heterocycles. The number of nitro groups is 1. The first-order valence-corrected chi connectivity index (χ1v) is 4.20. The van der Waals surface area contributed by atoms with Crippen LogP contribution in [0.2, 0.25) is 0 Å². The summed E-state index contributed by atoms with van der Waals surface area (Å²) in [5.74, 6) is 0. The van der Waals surface area contributed by atoms with Crippen molar-refractivity contribution in [2.24, 2.45) is 0 Å². The van der Waals surface area contributed by atoms with Crippen molar-refractivity contribution >= 4 is 12.0 Å². The molecule has 0 saturated heterocycles. The lowest BCUT2D eigenvalue weighted by atomic mass is 10.0. The molecule has 0 aliphatic carbocycles. The number of nitriles is 1. The maximum Gasteiger partial charge on any atom is 0.274 e. The number of aryl methyl sites for hydroxylation is 1. The summed E-state index contributed by atoms with van der Waals surface area (Å²) in [5.41, 5.74) is 1.04. The van der Waals surface area contributed by atoms with Crippen LogP contribution in [-0.4, -0.2) is 11.2 Å². The maximum absolute atomic E-state index is 10.7. The number of carbonyl (C=O) groups excluding carboxylic acids is 1. The molecule has 1 rings (SSSR count). The number of nitro benzene ring substituents is 1. The molecule has 0 spiro atoms. The number of benzene rings is 1. The van der Waals surface area contributed by atoms with Gasteiger partial charge in [-0.15, -0.1) is 0 Å². The topological polar surface area (TPSA) is 84.0 Å². The van der Waals surface area contributed by atoms with Gasteiger partial charge in [0, 0.05) is 17.2 Å². The summed E-state index contributed by atoms with van der Waals surface area (Å²) < 4.78 is 0. The van der Waals surface area contributed by atoms with E-state index < -0.39 is 4.92 Å². The Kier molecular flexibility index (Phi) is 3.13. The minimum absolute atomic E-state index is 0.0265. The van der Waals surface area contributed by atoms with E-state index in [2.05, 4.69) is 0 Å². The van der Waals surface area contributed by atoms with Crippen molar-refractivity contribution in [3.8, 4) is 6.07 Å². The summed E-state index contributed by atoms with van der Waals surface area (Å²) in [5, 5.41) is 19.2. The molecule has 0 saturated carbocycles. The predicted molar refractivity (Wildman–Crippen MR) is 52.5 cm³/mol. The molecule has 0 unspecified atom stereocenters. The highest BCUT2D eigenvalue weighted by Crippen LogP contribution is 2.24. The zero-order chi connectivity index (χ0) is 11.4. The fourth-order valence-electron chi connectivity index (χ4n) is 1.37. The molecule has 0 N–H and O–H groups in total. The maximum atomic E-state index is 10.7. The highest BCUT2D eigenvalue weighted by Gasteiger charge is 2.16. The van der Waals surface area contributed by atoms with E-state index in [1.54, 1.807) is 6.92 Å². The summed E-state index contributed by atoms with van der Waals surface area (Å²) in [6, 6.07) is 4.59. The molecule has 0 radical (unpaired) electrons. The van der Waals surface area contributed by atoms with Crippen LogP contribution in [0.4, 0.5) is 5.69 Å². The Balaban J connectivity index is 3.43. The molecule has 0 aliphatic heterocycles. The fraction of sp³-hybridized carbons (Fsp3) is 0.200. The number of hydrogen-bond donors (Lipinski definition) is 0. The third-order valence-electron chi connectivity index (χ3n) is 2.06. The minimum Gasteiger partial charge on any atom is -0.298 e. The Morgan fingerprint density at radius 3 is 2.73 bits per heavy atom. The molecule has 0 atom stereocenters. The van der Waals surface area contributed by atoms with Gasteiger partial charge in [-0.05, 0) is 18.6 Å². The minimum atomic E-state index is -0.577. The zero-order valence-electron chi connectivity index (χ0n) is 8.06. The lowest BCUT2D eigenvalue weighted by molar-refractivity contribution is -0.385. The van der Waals surface area contributed by atoms with Crippen LogP contribution in [0.15, 0.2) is 12.1 Å². The Bertz CT molecular complexity index is 460. The average molecular weight is 204 g/mol. The molecule has 15 heavy (non-hydrogen) atoms. The molecule has 0 aromatic heterocycles. The number of hydrogen-bond acceptors (Lipinski definition) is 4. The first-order valence-electron chi connectivity index (χ1n) is 4.20. The summed E-state index contributed by atoms with van der Waals surface area (Å²) in [4.78, 5) is 20.6. The van der Waals surface area contributed by atoms with Gasteiger partial charge in [0.05, 0.1) is 17.4 Å². The van der Waals surface area contributed by atoms with Crippen LogP contribution in [0, 0.1) is 28.4 Å². The van der Waals surface area contributed by atoms with Gasteiger partial charge in [0.1, 0.15) is 6.29 Å². The van der Waals surface area contributed by atoms with Crippen molar-refractivity contribution in [2.45, 2.75) is 13.3 Å². The first kappa shape index (κ1) is 10.9. The molecular weight excluding hydrogens is 196 g/mol. The molecule has 5 heteroatoms. The van der Waals surface area contributed by atoms with Gasteiger partial charge < -0.3 is 0 Å². The van der Waals surface area contributed by atoms with Gasteiger partial charge in [0.2, 0.25) is 0 Å². The molecule has 0 aliphatic rings. The lowest BCUT2D eigenvalue weighted by Crippen LogP contribution is -1.99. The van der Waals surface area contributed by atoms with Crippen molar-refractivity contribution in [1.82, 2.24) is 0 Å². The van der Waals surface area contributed by atoms with Gasteiger partial charge >= 0.3 is 0 Å². The van der Waals surface area contributed by atoms with E-state index in [0.29, 0.717) is 17.4 Å². The van der Waals surface area contributed by atoms with E-state index in [-0.39, 0.29) is 17.7 Å². The number of rotatable bonds is 3. The van der Waals surface area contributed by atoms with Crippen LogP contribution in [0.3, 0.4) is 0 Å². The average Bonchev–Trinajstić information content (AvgIpc) is 2.20. The molecule has 1 aromatic carbocycles. The number of nitrogens with zero attached hydrogens (tertiary/aromatic N) is 2. The summed E-state index contributed by atoms with van der Waals surface area (Å²) >= 11 is 0. The fourth-order valence-corrected chi connectivity index (χ4v) is 1.37. The summed E-state index contributed by atoms with van der Waals surface area (Å²) in [6.07, 6.45) is 0.525. The quantitative estimate of drug-likeness (QED) is 0.426. The Morgan fingerprint density at radius 1 is 1.60 bits per heavy atom. The zero-order valence-corrected chi connectivity index (χ0v) is 8.06. The Morgan fingerprint density at radius 2 is 2.27 bits per heavy atom. The molecule has 0 amide bonds. The van der Waals surface area contributed by atoms with E-state index in [9.17, 15) is 14.9 Å². The largest absolute Gasteiger partial charge is 0.298 e. The third kappa shape index (κ3) is 2.17. The van der Waals surface area contributed by atoms with Crippen LogP contribution in [0.5, 0.6) is 0 Å². The SMILES string of the molecule is Cc1cc(C=O)cc([N+](=O)[O-])c1CC#N. The molecule has 5 nitrogen and oxygen atoms in total. The molecule has 0 fully saturated rings. The van der Waals surface area contributed by atoms with Crippen molar-refractivity contribution in [3.05, 3.63) is 38.9 Å². The summed E-state index contributed by atoms with van der Waals surface area (Å²) in [7, 11) is 0. The van der Waals surface area contributed by atoms with Gasteiger partial charge in [-0.3, -0.25) is 14.9 Å². The van der Waals surface area contributed by atoms with E-state index in [1.165, 1.54) is 12.1 Å². The third-order valence-corrected chi connectivity index (χ3v) is 2.06. The van der Waals surface area contributed by atoms with E-state index in [1.807, 2.05) is 6.07 Å². The standard InChI is InChI=1S/C10H8N2O3/c1-7-4-8(6-13)5-10(12(14)15)9(7)2-3-11/h4-6H,2H2,1H3. The molecule has 1 aromatic rings. The van der Waals surface area contributed by atoms with Gasteiger partial charge in [-0.25, -0.2) is 0 Å². The second kappa shape index (κ2) is 4.33. The van der Waals surface area contributed by atoms with Crippen LogP contribution >= 0.6 is 0 Å². The van der Waals surface area contributed by atoms with E-state index >= 15 is 0 Å². The van der Waals surface area contributed by atoms with Crippen LogP contribution < -0.4 is 0 Å². The van der Waals surface area contributed by atoms with Crippen molar-refractivity contribution < 1.29 is 9.72 Å². The van der Waals surface area contributed by atoms with Crippen molar-refractivity contribution in [3.63, 3.8) is 0 Å². The monoisotopic (exact) mass is 204 g/mol. The molecular formula is C10H8N2O3. The normalized spacial score (nSPS) is 9.33. The summed E-state index contributed by atoms with van der Waals surface area (Å²) in [6.45, 7) is 1.65. The van der Waals surface area contributed by atoms with Crippen LogP contribution in [0.1, 0.15) is 21.5 Å². The predicted octanol–water partition coefficient (Wildman–Crippen LogP) is 1.78. The van der Waals surface area contributed by atoms with E-state index in [4.69, 9.17) is 5.26 Å². The smallest absolute Gasteiger partial charge is 0.274 e. The molecule has 0 bridgehead atoms. The van der Waals surface area contributed by atoms with Crippen molar-refractivity contribution in [1.29, 1.82) is 5.26 Å². The van der Waals surface area contributed by atoms with Gasteiger partial charge in [0.15, 0.2) is 0 Å². The Hall–Kier alpha value is -2.22. The second-order valence-corrected chi connectivity index (χ2v) is 3.05. The van der Waals surface area contributed by atoms with Gasteiger partial charge in [-0.2, -0.15) is 5.26 Å². The lowest BCUT2D eigenvalue weighted by Gasteiger charge is -2.03. The highest BCUT2D eigenvalue weighted by molar-refractivity contribution is 5.77. The first-order chi connectivity index (χ1) is 7.10. The Labute approximate surface area is 86.1 Å².